The molecule has 172 valence electrons. The zero-order chi connectivity index (χ0) is 23.4. The molecular formula is C24H24N2O6S. The minimum absolute atomic E-state index is 0.0807. The van der Waals surface area contributed by atoms with E-state index in [1.165, 1.54) is 19.2 Å². The monoisotopic (exact) mass is 468 g/mol. The van der Waals surface area contributed by atoms with Gasteiger partial charge in [0.1, 0.15) is 12.3 Å². The number of rotatable bonds is 8. The number of nitrogens with one attached hydrogen (secondary N) is 1. The number of methoxy groups -OCH3 is 1. The maximum atomic E-state index is 13.5. The summed E-state index contributed by atoms with van der Waals surface area (Å²) in [5, 5.41) is 2.78. The van der Waals surface area contributed by atoms with Gasteiger partial charge in [-0.15, -0.1) is 0 Å². The summed E-state index contributed by atoms with van der Waals surface area (Å²) in [6.07, 6.45) is 0. The molecule has 1 aliphatic heterocycles. The summed E-state index contributed by atoms with van der Waals surface area (Å²) in [5.41, 5.74) is 1.93. The van der Waals surface area contributed by atoms with Crippen LogP contribution in [0.5, 0.6) is 17.2 Å². The Kier molecular flexibility index (Phi) is 6.41. The van der Waals surface area contributed by atoms with Crippen LogP contribution in [-0.2, 0) is 21.4 Å². The Morgan fingerprint density at radius 1 is 1.03 bits per heavy atom. The summed E-state index contributed by atoms with van der Waals surface area (Å²) in [6, 6.07) is 18.5. The number of hydrogen-bond acceptors (Lipinski definition) is 6. The van der Waals surface area contributed by atoms with Gasteiger partial charge in [0.25, 0.3) is 10.0 Å². The third kappa shape index (κ3) is 4.88. The molecule has 0 fully saturated rings. The van der Waals surface area contributed by atoms with Crippen molar-refractivity contribution in [2.75, 3.05) is 24.8 Å². The largest absolute Gasteiger partial charge is 0.495 e. The van der Waals surface area contributed by atoms with E-state index < -0.39 is 22.5 Å². The van der Waals surface area contributed by atoms with Crippen LogP contribution in [-0.4, -0.2) is 34.8 Å². The van der Waals surface area contributed by atoms with Crippen molar-refractivity contribution in [3.8, 4) is 17.2 Å². The lowest BCUT2D eigenvalue weighted by Crippen LogP contribution is -2.40. The van der Waals surface area contributed by atoms with Gasteiger partial charge < -0.3 is 19.5 Å². The predicted octanol–water partition coefficient (Wildman–Crippen LogP) is 3.24. The van der Waals surface area contributed by atoms with Crippen LogP contribution in [0.4, 0.5) is 5.69 Å². The van der Waals surface area contributed by atoms with E-state index in [0.717, 1.165) is 15.4 Å². The van der Waals surface area contributed by atoms with Gasteiger partial charge in [-0.2, -0.15) is 0 Å². The first kappa shape index (κ1) is 22.5. The van der Waals surface area contributed by atoms with Gasteiger partial charge in [0.05, 0.1) is 17.7 Å². The molecule has 1 amide bonds. The van der Waals surface area contributed by atoms with Gasteiger partial charge in [-0.3, -0.25) is 9.10 Å². The van der Waals surface area contributed by atoms with Crippen molar-refractivity contribution < 1.29 is 27.4 Å². The van der Waals surface area contributed by atoms with Crippen molar-refractivity contribution >= 4 is 21.6 Å². The summed E-state index contributed by atoms with van der Waals surface area (Å²) in [6.45, 7) is 1.80. The zero-order valence-corrected chi connectivity index (χ0v) is 19.1. The maximum Gasteiger partial charge on any atom is 0.264 e. The molecule has 0 atom stereocenters. The van der Waals surface area contributed by atoms with Gasteiger partial charge in [-0.1, -0.05) is 30.3 Å². The first-order valence-corrected chi connectivity index (χ1v) is 11.7. The first-order chi connectivity index (χ1) is 15.9. The highest BCUT2D eigenvalue weighted by atomic mass is 32.2. The van der Waals surface area contributed by atoms with Gasteiger partial charge in [0.15, 0.2) is 11.5 Å². The Morgan fingerprint density at radius 2 is 1.79 bits per heavy atom. The topological polar surface area (TPSA) is 94.2 Å². The van der Waals surface area contributed by atoms with Crippen molar-refractivity contribution in [1.29, 1.82) is 0 Å². The number of amides is 1. The molecule has 0 aliphatic carbocycles. The van der Waals surface area contributed by atoms with Crippen molar-refractivity contribution in [2.24, 2.45) is 0 Å². The number of carbonyl (C=O) groups is 1. The van der Waals surface area contributed by atoms with Crippen LogP contribution in [0.3, 0.4) is 0 Å². The molecular weight excluding hydrogens is 444 g/mol. The fourth-order valence-electron chi connectivity index (χ4n) is 3.45. The lowest BCUT2D eigenvalue weighted by Gasteiger charge is -2.26. The number of sulfonamides is 1. The van der Waals surface area contributed by atoms with Gasteiger partial charge in [0.2, 0.25) is 12.7 Å². The molecule has 9 heteroatoms. The lowest BCUT2D eigenvalue weighted by atomic mass is 10.2. The second-order valence-corrected chi connectivity index (χ2v) is 9.33. The second kappa shape index (κ2) is 9.41. The SMILES string of the molecule is COc1ccc(C)cc1N(CC(=O)NCc1ccc2c(c1)OCO2)S(=O)(=O)c1ccccc1. The Morgan fingerprint density at radius 3 is 2.55 bits per heavy atom. The van der Waals surface area contributed by atoms with Crippen molar-refractivity contribution in [1.82, 2.24) is 5.32 Å². The van der Waals surface area contributed by atoms with E-state index in [-0.39, 0.29) is 18.2 Å². The van der Waals surface area contributed by atoms with Crippen LogP contribution in [0.1, 0.15) is 11.1 Å². The van der Waals surface area contributed by atoms with Crippen molar-refractivity contribution in [3.63, 3.8) is 0 Å². The average Bonchev–Trinajstić information content (AvgIpc) is 3.29. The number of anilines is 1. The zero-order valence-electron chi connectivity index (χ0n) is 18.3. The van der Waals surface area contributed by atoms with Crippen LogP contribution in [0.15, 0.2) is 71.6 Å². The molecule has 0 bridgehead atoms. The van der Waals surface area contributed by atoms with E-state index >= 15 is 0 Å². The quantitative estimate of drug-likeness (QED) is 0.546. The molecule has 1 N–H and O–H groups in total. The number of carbonyl (C=O) groups excluding carboxylic acids is 1. The smallest absolute Gasteiger partial charge is 0.264 e. The van der Waals surface area contributed by atoms with E-state index in [2.05, 4.69) is 5.32 Å². The maximum absolute atomic E-state index is 13.5. The Bertz CT molecular complexity index is 1260. The molecule has 0 spiro atoms. The van der Waals surface area contributed by atoms with Gasteiger partial charge in [-0.25, -0.2) is 8.42 Å². The van der Waals surface area contributed by atoms with Crippen molar-refractivity contribution in [2.45, 2.75) is 18.4 Å². The van der Waals surface area contributed by atoms with E-state index in [4.69, 9.17) is 14.2 Å². The van der Waals surface area contributed by atoms with Crippen LogP contribution in [0.2, 0.25) is 0 Å². The highest BCUT2D eigenvalue weighted by Gasteiger charge is 2.29. The van der Waals surface area contributed by atoms with E-state index in [0.29, 0.717) is 22.9 Å². The number of fused-ring (bicyclic) bond motifs is 1. The molecule has 1 aliphatic rings. The van der Waals surface area contributed by atoms with E-state index in [1.807, 2.05) is 19.1 Å². The number of hydrogen-bond donors (Lipinski definition) is 1. The molecule has 0 radical (unpaired) electrons. The van der Waals surface area contributed by atoms with Gasteiger partial charge >= 0.3 is 0 Å². The minimum Gasteiger partial charge on any atom is -0.495 e. The Balaban J connectivity index is 1.60. The molecule has 0 aromatic heterocycles. The number of nitrogens with zero attached hydrogens (tertiary/aromatic N) is 1. The molecule has 0 unspecified atom stereocenters. The fraction of sp³-hybridized carbons (Fsp3) is 0.208. The predicted molar refractivity (Wildman–Crippen MR) is 123 cm³/mol. The minimum atomic E-state index is -4.03. The van der Waals surface area contributed by atoms with E-state index in [1.54, 1.807) is 42.5 Å². The Labute approximate surface area is 192 Å². The normalized spacial score (nSPS) is 12.3. The van der Waals surface area contributed by atoms with Gasteiger partial charge in [0, 0.05) is 6.54 Å². The third-order valence-corrected chi connectivity index (χ3v) is 6.92. The Hall–Kier alpha value is -3.72. The number of ether oxygens (including phenoxy) is 3. The second-order valence-electron chi connectivity index (χ2n) is 7.46. The summed E-state index contributed by atoms with van der Waals surface area (Å²) in [7, 11) is -2.57. The van der Waals surface area contributed by atoms with Crippen LogP contribution < -0.4 is 23.8 Å². The van der Waals surface area contributed by atoms with Crippen LogP contribution in [0, 0.1) is 6.92 Å². The average molecular weight is 469 g/mol. The van der Waals surface area contributed by atoms with Crippen molar-refractivity contribution in [3.05, 3.63) is 77.9 Å². The summed E-state index contributed by atoms with van der Waals surface area (Å²) in [4.78, 5) is 13.0. The molecule has 33 heavy (non-hydrogen) atoms. The fourth-order valence-corrected chi connectivity index (χ4v) is 4.90. The summed E-state index contributed by atoms with van der Waals surface area (Å²) in [5.74, 6) is 1.15. The molecule has 8 nitrogen and oxygen atoms in total. The molecule has 4 rings (SSSR count). The highest BCUT2D eigenvalue weighted by molar-refractivity contribution is 7.92. The number of benzene rings is 3. The third-order valence-electron chi connectivity index (χ3n) is 5.15. The highest BCUT2D eigenvalue weighted by Crippen LogP contribution is 2.34. The lowest BCUT2D eigenvalue weighted by molar-refractivity contribution is -0.119. The standard InChI is InChI=1S/C24H24N2O6S/c1-17-8-10-21(30-2)20(12-17)26(33(28,29)19-6-4-3-5-7-19)15-24(27)25-14-18-9-11-22-23(13-18)32-16-31-22/h3-13H,14-16H2,1-2H3,(H,25,27). The number of aryl methyl sites for hydroxylation is 1. The molecule has 3 aromatic carbocycles. The molecule has 3 aromatic rings. The van der Waals surface area contributed by atoms with Crippen LogP contribution in [0.25, 0.3) is 0 Å². The summed E-state index contributed by atoms with van der Waals surface area (Å²) < 4.78 is 44.2. The van der Waals surface area contributed by atoms with Crippen LogP contribution >= 0.6 is 0 Å². The molecule has 0 saturated heterocycles. The van der Waals surface area contributed by atoms with E-state index in [9.17, 15) is 13.2 Å². The molecule has 1 heterocycles. The first-order valence-electron chi connectivity index (χ1n) is 10.3. The molecule has 0 saturated carbocycles. The van der Waals surface area contributed by atoms with Gasteiger partial charge in [-0.05, 0) is 54.4 Å². The summed E-state index contributed by atoms with van der Waals surface area (Å²) >= 11 is 0.